The van der Waals surface area contributed by atoms with Crippen LogP contribution in [0.15, 0.2) is 11.0 Å². The molecular weight excluding hydrogens is 270 g/mol. The lowest BCUT2D eigenvalue weighted by Crippen LogP contribution is -2.08. The van der Waals surface area contributed by atoms with Gasteiger partial charge in [-0.05, 0) is 37.8 Å². The van der Waals surface area contributed by atoms with Gasteiger partial charge >= 0.3 is 0 Å². The Hall–Kier alpha value is -1.47. The molecule has 1 rings (SSSR count). The summed E-state index contributed by atoms with van der Waals surface area (Å²) in [5, 5.41) is 11.0. The quantitative estimate of drug-likeness (QED) is 0.510. The molecular formula is C12H17NO5S. The number of unbranched alkanes of at least 4 members (excludes halogenated alkanes) is 1. The van der Waals surface area contributed by atoms with Crippen molar-refractivity contribution in [1.82, 2.24) is 0 Å². The Kier molecular flexibility index (Phi) is 4.65. The van der Waals surface area contributed by atoms with Gasteiger partial charge in [0, 0.05) is 11.6 Å². The van der Waals surface area contributed by atoms with Crippen molar-refractivity contribution in [2.75, 3.05) is 0 Å². The summed E-state index contributed by atoms with van der Waals surface area (Å²) in [5.41, 5.74) is 1.20. The molecule has 1 aromatic rings. The van der Waals surface area contributed by atoms with Crippen LogP contribution in [-0.4, -0.2) is 17.9 Å². The summed E-state index contributed by atoms with van der Waals surface area (Å²) in [6.45, 7) is 5.14. The highest BCUT2D eigenvalue weighted by atomic mass is 32.2. The van der Waals surface area contributed by atoms with Gasteiger partial charge in [0.2, 0.25) is 0 Å². The molecule has 0 spiro atoms. The van der Waals surface area contributed by atoms with Crippen LogP contribution in [0.4, 0.5) is 5.69 Å². The number of hydrogen-bond donors (Lipinski definition) is 1. The van der Waals surface area contributed by atoms with Gasteiger partial charge in [0.05, 0.1) is 4.92 Å². The first-order chi connectivity index (χ1) is 8.70. The highest BCUT2D eigenvalue weighted by molar-refractivity contribution is 7.85. The van der Waals surface area contributed by atoms with E-state index in [0.717, 1.165) is 18.9 Å². The van der Waals surface area contributed by atoms with Gasteiger partial charge in [0.15, 0.2) is 0 Å². The molecule has 1 N–H and O–H groups in total. The van der Waals surface area contributed by atoms with E-state index in [1.54, 1.807) is 13.8 Å². The number of rotatable bonds is 5. The topological polar surface area (TPSA) is 97.5 Å². The molecule has 6 nitrogen and oxygen atoms in total. The number of hydrogen-bond acceptors (Lipinski definition) is 4. The van der Waals surface area contributed by atoms with Crippen LogP contribution in [0, 0.1) is 24.0 Å². The lowest BCUT2D eigenvalue weighted by atomic mass is 9.96. The van der Waals surface area contributed by atoms with E-state index in [4.69, 9.17) is 4.55 Å². The maximum absolute atomic E-state index is 11.3. The fourth-order valence-corrected chi connectivity index (χ4v) is 2.88. The number of nitrogens with zero attached hydrogens (tertiary/aromatic N) is 1. The van der Waals surface area contributed by atoms with Crippen LogP contribution in [0.5, 0.6) is 0 Å². The number of nitro groups is 1. The molecule has 0 aliphatic rings. The summed E-state index contributed by atoms with van der Waals surface area (Å²) in [6, 6.07) is 0.926. The summed E-state index contributed by atoms with van der Waals surface area (Å²) in [5.74, 6) is 0. The SMILES string of the molecule is CCCCc1c(C)c([N+](=O)[O-])cc(S(=O)(=O)O)c1C. The predicted molar refractivity (Wildman–Crippen MR) is 71.0 cm³/mol. The van der Waals surface area contributed by atoms with Crippen molar-refractivity contribution in [2.24, 2.45) is 0 Å². The Morgan fingerprint density at radius 3 is 2.32 bits per heavy atom. The van der Waals surface area contributed by atoms with Crippen molar-refractivity contribution in [3.8, 4) is 0 Å². The monoisotopic (exact) mass is 287 g/mol. The zero-order chi connectivity index (χ0) is 14.8. The van der Waals surface area contributed by atoms with E-state index in [0.29, 0.717) is 23.1 Å². The maximum atomic E-state index is 11.3. The lowest BCUT2D eigenvalue weighted by Gasteiger charge is -2.13. The zero-order valence-electron chi connectivity index (χ0n) is 11.1. The normalized spacial score (nSPS) is 11.6. The third kappa shape index (κ3) is 3.30. The van der Waals surface area contributed by atoms with Crippen LogP contribution < -0.4 is 0 Å². The van der Waals surface area contributed by atoms with E-state index < -0.39 is 15.0 Å². The minimum absolute atomic E-state index is 0.274. The van der Waals surface area contributed by atoms with Crippen LogP contribution in [0.1, 0.15) is 36.5 Å². The van der Waals surface area contributed by atoms with E-state index in [9.17, 15) is 18.5 Å². The van der Waals surface area contributed by atoms with E-state index in [1.165, 1.54) is 0 Å². The smallest absolute Gasteiger partial charge is 0.282 e. The first kappa shape index (κ1) is 15.6. The summed E-state index contributed by atoms with van der Waals surface area (Å²) in [6.07, 6.45) is 2.24. The van der Waals surface area contributed by atoms with Gasteiger partial charge in [-0.25, -0.2) is 0 Å². The first-order valence-electron chi connectivity index (χ1n) is 5.95. The maximum Gasteiger partial charge on any atom is 0.295 e. The Bertz CT molecular complexity index is 607. The van der Waals surface area contributed by atoms with Crippen LogP contribution in [-0.2, 0) is 16.5 Å². The Morgan fingerprint density at radius 1 is 1.32 bits per heavy atom. The second kappa shape index (κ2) is 5.66. The average Bonchev–Trinajstić information content (AvgIpc) is 2.26. The van der Waals surface area contributed by atoms with Gasteiger partial charge in [-0.2, -0.15) is 8.42 Å². The van der Waals surface area contributed by atoms with E-state index in [1.807, 2.05) is 6.92 Å². The number of benzene rings is 1. The fourth-order valence-electron chi connectivity index (χ4n) is 2.11. The molecule has 0 atom stereocenters. The largest absolute Gasteiger partial charge is 0.295 e. The summed E-state index contributed by atoms with van der Waals surface area (Å²) in [4.78, 5) is 9.96. The molecule has 0 radical (unpaired) electrons. The van der Waals surface area contributed by atoms with Crippen LogP contribution in [0.25, 0.3) is 0 Å². The Balaban J connectivity index is 3.61. The molecule has 1 aromatic carbocycles. The molecule has 7 heteroatoms. The molecule has 0 aliphatic carbocycles. The van der Waals surface area contributed by atoms with Crippen molar-refractivity contribution in [2.45, 2.75) is 44.9 Å². The van der Waals surface area contributed by atoms with Crippen molar-refractivity contribution < 1.29 is 17.9 Å². The lowest BCUT2D eigenvalue weighted by molar-refractivity contribution is -0.385. The second-order valence-electron chi connectivity index (χ2n) is 4.46. The van der Waals surface area contributed by atoms with Gasteiger partial charge in [-0.3, -0.25) is 14.7 Å². The Labute approximate surface area is 112 Å². The van der Waals surface area contributed by atoms with Crippen molar-refractivity contribution >= 4 is 15.8 Å². The summed E-state index contributed by atoms with van der Waals surface area (Å²) in [7, 11) is -4.46. The fraction of sp³-hybridized carbons (Fsp3) is 0.500. The highest BCUT2D eigenvalue weighted by Crippen LogP contribution is 2.31. The van der Waals surface area contributed by atoms with Gasteiger partial charge in [0.25, 0.3) is 15.8 Å². The minimum Gasteiger partial charge on any atom is -0.282 e. The Morgan fingerprint density at radius 2 is 1.89 bits per heavy atom. The van der Waals surface area contributed by atoms with Crippen LogP contribution in [0.2, 0.25) is 0 Å². The van der Waals surface area contributed by atoms with Crippen molar-refractivity contribution in [3.05, 3.63) is 32.9 Å². The summed E-state index contributed by atoms with van der Waals surface area (Å²) < 4.78 is 31.8. The van der Waals surface area contributed by atoms with Crippen LogP contribution in [0.3, 0.4) is 0 Å². The molecule has 0 heterocycles. The number of nitro benzene ring substituents is 1. The van der Waals surface area contributed by atoms with E-state index in [-0.39, 0.29) is 10.6 Å². The third-order valence-corrected chi connectivity index (χ3v) is 4.16. The van der Waals surface area contributed by atoms with E-state index in [2.05, 4.69) is 0 Å². The molecule has 19 heavy (non-hydrogen) atoms. The predicted octanol–water partition coefficient (Wildman–Crippen LogP) is 2.80. The molecule has 0 bridgehead atoms. The standard InChI is InChI=1S/C12H17NO5S/c1-4-5-6-10-8(2)11(13(14)15)7-12(9(10)3)19(16,17)18/h7H,4-6H2,1-3H3,(H,16,17,18). The molecule has 0 saturated carbocycles. The van der Waals surface area contributed by atoms with Crippen LogP contribution >= 0.6 is 0 Å². The average molecular weight is 287 g/mol. The van der Waals surface area contributed by atoms with Gasteiger partial charge < -0.3 is 0 Å². The molecule has 0 fully saturated rings. The highest BCUT2D eigenvalue weighted by Gasteiger charge is 2.24. The van der Waals surface area contributed by atoms with E-state index >= 15 is 0 Å². The van der Waals surface area contributed by atoms with Gasteiger partial charge in [0.1, 0.15) is 4.90 Å². The van der Waals surface area contributed by atoms with Crippen molar-refractivity contribution in [3.63, 3.8) is 0 Å². The molecule has 0 unspecified atom stereocenters. The second-order valence-corrected chi connectivity index (χ2v) is 5.85. The summed E-state index contributed by atoms with van der Waals surface area (Å²) >= 11 is 0. The zero-order valence-corrected chi connectivity index (χ0v) is 12.0. The molecule has 0 saturated heterocycles. The van der Waals surface area contributed by atoms with Crippen molar-refractivity contribution in [1.29, 1.82) is 0 Å². The molecule has 0 aliphatic heterocycles. The molecule has 106 valence electrons. The molecule has 0 aromatic heterocycles. The van der Waals surface area contributed by atoms with Gasteiger partial charge in [-0.1, -0.05) is 13.3 Å². The third-order valence-electron chi connectivity index (χ3n) is 3.18. The minimum atomic E-state index is -4.46. The first-order valence-corrected chi connectivity index (χ1v) is 7.39. The van der Waals surface area contributed by atoms with Gasteiger partial charge in [-0.15, -0.1) is 0 Å². The molecule has 0 amide bonds.